The van der Waals surface area contributed by atoms with Crippen LogP contribution in [0.5, 0.6) is 0 Å². The minimum absolute atomic E-state index is 0.0229. The normalized spacial score (nSPS) is 18.1. The largest absolute Gasteiger partial charge is 0.385 e. The van der Waals surface area contributed by atoms with Gasteiger partial charge < -0.3 is 10.4 Å². The molecule has 1 aromatic rings. The van der Waals surface area contributed by atoms with Crippen molar-refractivity contribution in [2.24, 2.45) is 0 Å². The summed E-state index contributed by atoms with van der Waals surface area (Å²) in [6, 6.07) is 5.96. The molecule has 1 fully saturated rings. The number of aliphatic hydroxyl groups excluding tert-OH is 1. The second-order valence-corrected chi connectivity index (χ2v) is 5.91. The number of rotatable bonds is 4. The predicted molar refractivity (Wildman–Crippen MR) is 68.9 cm³/mol. The van der Waals surface area contributed by atoms with E-state index in [2.05, 4.69) is 37.1 Å². The lowest BCUT2D eigenvalue weighted by atomic mass is 10.1. The molecular formula is C14H22N2O. The zero-order chi connectivity index (χ0) is 12.5. The van der Waals surface area contributed by atoms with Gasteiger partial charge in [-0.25, -0.2) is 0 Å². The molecule has 0 aromatic carbocycles. The number of β-amino-alcohol motifs (C(OH)–C–C–N with tert-alkyl or cyclic N) is 1. The lowest BCUT2D eigenvalue weighted by Gasteiger charge is -2.22. The van der Waals surface area contributed by atoms with Crippen LogP contribution in [0.2, 0.25) is 0 Å². The summed E-state index contributed by atoms with van der Waals surface area (Å²) < 4.78 is 0. The van der Waals surface area contributed by atoms with Crippen molar-refractivity contribution in [1.82, 2.24) is 10.3 Å². The molecule has 0 aliphatic heterocycles. The number of aromatic nitrogens is 1. The highest BCUT2D eigenvalue weighted by Gasteiger charge is 2.25. The average Bonchev–Trinajstić information content (AvgIpc) is 3.09. The van der Waals surface area contributed by atoms with Crippen molar-refractivity contribution in [3.63, 3.8) is 0 Å². The zero-order valence-corrected chi connectivity index (χ0v) is 10.9. The molecule has 1 aliphatic carbocycles. The van der Waals surface area contributed by atoms with Gasteiger partial charge in [0.15, 0.2) is 0 Å². The molecule has 3 nitrogen and oxygen atoms in total. The fraction of sp³-hybridized carbons (Fsp3) is 0.643. The summed E-state index contributed by atoms with van der Waals surface area (Å²) in [7, 11) is 0. The molecule has 1 atom stereocenters. The molecule has 94 valence electrons. The number of nitrogens with zero attached hydrogens (tertiary/aromatic N) is 1. The summed E-state index contributed by atoms with van der Waals surface area (Å²) in [5.41, 5.74) is 1.94. The molecule has 1 aliphatic rings. The number of hydrogen-bond donors (Lipinski definition) is 2. The molecule has 0 spiro atoms. The van der Waals surface area contributed by atoms with Gasteiger partial charge in [0.2, 0.25) is 0 Å². The molecule has 17 heavy (non-hydrogen) atoms. The van der Waals surface area contributed by atoms with E-state index in [0.29, 0.717) is 12.5 Å². The lowest BCUT2D eigenvalue weighted by molar-refractivity contribution is 0.158. The first kappa shape index (κ1) is 12.5. The van der Waals surface area contributed by atoms with Crippen LogP contribution in [0.15, 0.2) is 18.2 Å². The summed E-state index contributed by atoms with van der Waals surface area (Å²) in [5, 5.41) is 13.4. The Morgan fingerprint density at radius 3 is 2.71 bits per heavy atom. The summed E-state index contributed by atoms with van der Waals surface area (Å²) in [4.78, 5) is 4.55. The monoisotopic (exact) mass is 234 g/mol. The molecule has 2 N–H and O–H groups in total. The molecule has 0 radical (unpaired) electrons. The standard InChI is InChI=1S/C14H22N2O/c1-14(2,3)15-9-13(17)12-6-4-5-11(16-12)10-7-8-10/h4-6,10,13,15,17H,7-9H2,1-3H3. The molecule has 0 bridgehead atoms. The van der Waals surface area contributed by atoms with Gasteiger partial charge in [-0.1, -0.05) is 6.07 Å². The van der Waals surface area contributed by atoms with E-state index in [1.807, 2.05) is 12.1 Å². The van der Waals surface area contributed by atoms with E-state index in [4.69, 9.17) is 0 Å². The molecule has 0 amide bonds. The molecule has 3 heteroatoms. The van der Waals surface area contributed by atoms with E-state index in [1.165, 1.54) is 12.8 Å². The van der Waals surface area contributed by atoms with Crippen LogP contribution in [0, 0.1) is 0 Å². The quantitative estimate of drug-likeness (QED) is 0.840. The van der Waals surface area contributed by atoms with Crippen molar-refractivity contribution in [2.75, 3.05) is 6.54 Å². The third kappa shape index (κ3) is 3.79. The molecule has 1 unspecified atom stereocenters. The predicted octanol–water partition coefficient (Wildman–Crippen LogP) is 2.38. The lowest BCUT2D eigenvalue weighted by Crippen LogP contribution is -2.38. The van der Waals surface area contributed by atoms with E-state index in [1.54, 1.807) is 0 Å². The average molecular weight is 234 g/mol. The highest BCUT2D eigenvalue weighted by Crippen LogP contribution is 2.39. The van der Waals surface area contributed by atoms with E-state index < -0.39 is 6.10 Å². The van der Waals surface area contributed by atoms with Gasteiger partial charge in [-0.05, 0) is 45.7 Å². The van der Waals surface area contributed by atoms with Gasteiger partial charge in [0.05, 0.1) is 5.69 Å². The summed E-state index contributed by atoms with van der Waals surface area (Å²) in [5.74, 6) is 0.637. The van der Waals surface area contributed by atoms with Crippen LogP contribution in [0.1, 0.15) is 57.0 Å². The topological polar surface area (TPSA) is 45.1 Å². The van der Waals surface area contributed by atoms with Gasteiger partial charge >= 0.3 is 0 Å². The summed E-state index contributed by atoms with van der Waals surface area (Å²) in [6.45, 7) is 6.82. The Morgan fingerprint density at radius 2 is 2.12 bits per heavy atom. The Kier molecular flexibility index (Phi) is 3.50. The van der Waals surface area contributed by atoms with Crippen molar-refractivity contribution in [3.05, 3.63) is 29.6 Å². The Balaban J connectivity index is 1.98. The van der Waals surface area contributed by atoms with Crippen LogP contribution < -0.4 is 5.32 Å². The fourth-order valence-electron chi connectivity index (χ4n) is 1.77. The van der Waals surface area contributed by atoms with Gasteiger partial charge in [-0.3, -0.25) is 4.98 Å². The fourth-order valence-corrected chi connectivity index (χ4v) is 1.77. The van der Waals surface area contributed by atoms with Gasteiger partial charge in [-0.15, -0.1) is 0 Å². The van der Waals surface area contributed by atoms with E-state index in [-0.39, 0.29) is 5.54 Å². The third-order valence-corrected chi connectivity index (χ3v) is 2.95. The number of pyridine rings is 1. The SMILES string of the molecule is CC(C)(C)NCC(O)c1cccc(C2CC2)n1. The van der Waals surface area contributed by atoms with Crippen molar-refractivity contribution in [1.29, 1.82) is 0 Å². The molecule has 1 heterocycles. The maximum atomic E-state index is 10.1. The number of hydrogen-bond acceptors (Lipinski definition) is 3. The molecule has 0 saturated heterocycles. The van der Waals surface area contributed by atoms with Crippen molar-refractivity contribution in [2.45, 2.75) is 51.2 Å². The Morgan fingerprint density at radius 1 is 1.41 bits per heavy atom. The third-order valence-electron chi connectivity index (χ3n) is 2.95. The smallest absolute Gasteiger partial charge is 0.108 e. The van der Waals surface area contributed by atoms with Gasteiger partial charge in [0, 0.05) is 23.7 Å². The zero-order valence-electron chi connectivity index (χ0n) is 10.9. The summed E-state index contributed by atoms with van der Waals surface area (Å²) in [6.07, 6.45) is 1.97. The maximum Gasteiger partial charge on any atom is 0.108 e. The van der Waals surface area contributed by atoms with Crippen LogP contribution in [-0.2, 0) is 0 Å². The van der Waals surface area contributed by atoms with E-state index >= 15 is 0 Å². The van der Waals surface area contributed by atoms with Crippen molar-refractivity contribution < 1.29 is 5.11 Å². The summed E-state index contributed by atoms with van der Waals surface area (Å²) >= 11 is 0. The maximum absolute atomic E-state index is 10.1. The van der Waals surface area contributed by atoms with Gasteiger partial charge in [0.1, 0.15) is 6.10 Å². The minimum Gasteiger partial charge on any atom is -0.385 e. The Labute approximate surface area is 103 Å². The van der Waals surface area contributed by atoms with Crippen LogP contribution in [0.3, 0.4) is 0 Å². The number of aliphatic hydroxyl groups is 1. The second kappa shape index (κ2) is 4.75. The van der Waals surface area contributed by atoms with Gasteiger partial charge in [0.25, 0.3) is 0 Å². The van der Waals surface area contributed by atoms with E-state index in [9.17, 15) is 5.11 Å². The molecule has 1 saturated carbocycles. The van der Waals surface area contributed by atoms with E-state index in [0.717, 1.165) is 11.4 Å². The first-order valence-electron chi connectivity index (χ1n) is 6.36. The van der Waals surface area contributed by atoms with Gasteiger partial charge in [-0.2, -0.15) is 0 Å². The van der Waals surface area contributed by atoms with Crippen LogP contribution in [0.4, 0.5) is 0 Å². The van der Waals surface area contributed by atoms with Crippen molar-refractivity contribution in [3.8, 4) is 0 Å². The Hall–Kier alpha value is -0.930. The molecule has 2 rings (SSSR count). The highest BCUT2D eigenvalue weighted by atomic mass is 16.3. The van der Waals surface area contributed by atoms with Crippen LogP contribution in [0.25, 0.3) is 0 Å². The molecule has 1 aromatic heterocycles. The second-order valence-electron chi connectivity index (χ2n) is 5.91. The van der Waals surface area contributed by atoms with Crippen LogP contribution >= 0.6 is 0 Å². The first-order chi connectivity index (χ1) is 7.96. The number of nitrogens with one attached hydrogen (secondary N) is 1. The molecular weight excluding hydrogens is 212 g/mol. The van der Waals surface area contributed by atoms with Crippen LogP contribution in [-0.4, -0.2) is 22.2 Å². The minimum atomic E-state index is -0.520. The first-order valence-corrected chi connectivity index (χ1v) is 6.36. The van der Waals surface area contributed by atoms with Crippen molar-refractivity contribution >= 4 is 0 Å². The highest BCUT2D eigenvalue weighted by molar-refractivity contribution is 5.19. The Bertz CT molecular complexity index is 380.